The van der Waals surface area contributed by atoms with E-state index in [-0.39, 0.29) is 55.7 Å². The number of hydrogen-bond acceptors (Lipinski definition) is 14. The van der Waals surface area contributed by atoms with Gasteiger partial charge >= 0.3 is 11.9 Å². The van der Waals surface area contributed by atoms with E-state index < -0.39 is 67.4 Å². The zero-order valence-corrected chi connectivity index (χ0v) is 25.2. The Hall–Kier alpha value is -3.81. The molecule has 17 heteroatoms. The smallest absolute Gasteiger partial charge is 0.337 e. The Labute approximate surface area is 264 Å². The van der Waals surface area contributed by atoms with Crippen LogP contribution in [0.4, 0.5) is 0 Å². The lowest BCUT2D eigenvalue weighted by Gasteiger charge is -2.42. The highest BCUT2D eigenvalue weighted by atomic mass is 16.8. The Bertz CT molecular complexity index is 1250. The summed E-state index contributed by atoms with van der Waals surface area (Å²) in [5.41, 5.74) is 6.35. The average Bonchev–Trinajstić information content (AvgIpc) is 3.04. The maximum atomic E-state index is 12.8. The van der Waals surface area contributed by atoms with E-state index in [1.54, 1.807) is 17.2 Å². The molecule has 17 nitrogen and oxygen atoms in total. The van der Waals surface area contributed by atoms with Crippen molar-refractivity contribution in [3.63, 3.8) is 0 Å². The number of carboxylic acids is 1. The van der Waals surface area contributed by atoms with Crippen LogP contribution in [-0.2, 0) is 28.5 Å². The fourth-order valence-electron chi connectivity index (χ4n) is 5.04. The Morgan fingerprint density at radius 2 is 1.91 bits per heavy atom. The van der Waals surface area contributed by atoms with Gasteiger partial charge in [-0.3, -0.25) is 4.99 Å². The molecule has 1 saturated heterocycles. The fraction of sp³-hybridized carbons (Fsp3) is 0.552. The standard InChI is InChI=1S/C29H42N4O13/c1-3-16-17(19(26(42)43-2)14-44-27(16)46-28-24(39)23(38)22(37)20(13-36)45-28)6-5-15-11-33(8-10-35)12-18(25(40)41)21(15)32-29(30)31-7-4-9-34/h3,5-6,11,14,16-17,20,22-24,27-28,34-39H,1,4,7-10,12-13H2,2H3,(H,40,41)(H3,30,31,32)/b6-5+/t16-,17+,20-,22-,23+,24-,27+,28+/m1/s1. The minimum absolute atomic E-state index is 0.0305. The van der Waals surface area contributed by atoms with E-state index in [1.165, 1.54) is 19.3 Å². The molecule has 10 N–H and O–H groups in total. The van der Waals surface area contributed by atoms with Gasteiger partial charge < -0.3 is 70.6 Å². The zero-order chi connectivity index (χ0) is 34.0. The molecule has 46 heavy (non-hydrogen) atoms. The number of β-amino-alcohol motifs (C(OH)–C–C–N with tert-alkyl or cyclic N) is 1. The maximum Gasteiger partial charge on any atom is 0.337 e. The molecule has 0 spiro atoms. The number of rotatable bonds is 14. The van der Waals surface area contributed by atoms with Crippen LogP contribution in [0.25, 0.3) is 0 Å². The normalized spacial score (nSPS) is 30.4. The van der Waals surface area contributed by atoms with E-state index in [1.807, 2.05) is 0 Å². The van der Waals surface area contributed by atoms with Crippen molar-refractivity contribution >= 4 is 17.9 Å². The number of carboxylic acid groups (broad SMARTS) is 1. The minimum atomic E-state index is -1.73. The van der Waals surface area contributed by atoms with Gasteiger partial charge in [0, 0.05) is 37.4 Å². The van der Waals surface area contributed by atoms with Gasteiger partial charge in [0.1, 0.15) is 24.4 Å². The third kappa shape index (κ3) is 8.71. The number of ether oxygens (including phenoxy) is 4. The molecule has 0 unspecified atom stereocenters. The van der Waals surface area contributed by atoms with Crippen LogP contribution in [0.2, 0.25) is 0 Å². The van der Waals surface area contributed by atoms with Crippen LogP contribution in [0, 0.1) is 11.8 Å². The van der Waals surface area contributed by atoms with Crippen molar-refractivity contribution in [2.45, 2.75) is 43.4 Å². The van der Waals surface area contributed by atoms with Crippen LogP contribution >= 0.6 is 0 Å². The summed E-state index contributed by atoms with van der Waals surface area (Å²) in [6.45, 7) is 2.98. The van der Waals surface area contributed by atoms with Crippen LogP contribution in [-0.4, -0.2) is 142 Å². The molecule has 3 aliphatic heterocycles. The van der Waals surface area contributed by atoms with Crippen LogP contribution in [0.15, 0.2) is 64.7 Å². The quantitative estimate of drug-likeness (QED) is 0.0297. The van der Waals surface area contributed by atoms with Crippen LogP contribution in [0.5, 0.6) is 0 Å². The van der Waals surface area contributed by atoms with Crippen molar-refractivity contribution in [2.75, 3.05) is 46.6 Å². The van der Waals surface area contributed by atoms with Crippen molar-refractivity contribution in [1.82, 2.24) is 10.2 Å². The number of carbonyl (C=O) groups excluding carboxylic acids is 1. The summed E-state index contributed by atoms with van der Waals surface area (Å²) in [5, 5.41) is 71.7. The molecule has 0 aromatic rings. The van der Waals surface area contributed by atoms with Crippen LogP contribution in [0.1, 0.15) is 6.42 Å². The largest absolute Gasteiger partial charge is 0.478 e. The molecule has 0 aliphatic carbocycles. The Kier molecular flexibility index (Phi) is 13.7. The number of aliphatic hydroxyl groups is 6. The second-order valence-corrected chi connectivity index (χ2v) is 10.5. The molecule has 3 rings (SSSR count). The molecular weight excluding hydrogens is 612 g/mol. The predicted molar refractivity (Wildman–Crippen MR) is 159 cm³/mol. The molecule has 8 atom stereocenters. The van der Waals surface area contributed by atoms with Gasteiger partial charge in [0.2, 0.25) is 6.29 Å². The van der Waals surface area contributed by atoms with E-state index in [4.69, 9.17) is 29.8 Å². The second-order valence-electron chi connectivity index (χ2n) is 10.5. The average molecular weight is 655 g/mol. The SMILES string of the molecule is C=C[C@H]1[C@H](O[C@@H]2O[C@H](CO)[C@@H](O)[C@H](O)[C@H]2O)OC=C(C(=O)OC)[C@H]1/C=C/C1=CN(CCO)CC(C(=O)O)=C1NC(N)=NCCCO. The number of esters is 1. The van der Waals surface area contributed by atoms with Gasteiger partial charge in [-0.1, -0.05) is 18.2 Å². The lowest BCUT2D eigenvalue weighted by Crippen LogP contribution is -2.60. The summed E-state index contributed by atoms with van der Waals surface area (Å²) < 4.78 is 21.9. The maximum absolute atomic E-state index is 12.8. The predicted octanol–water partition coefficient (Wildman–Crippen LogP) is -2.99. The Morgan fingerprint density at radius 1 is 1.17 bits per heavy atom. The number of aliphatic imine (C=N–C) groups is 1. The molecule has 1 fully saturated rings. The highest BCUT2D eigenvalue weighted by Crippen LogP contribution is 2.37. The zero-order valence-electron chi connectivity index (χ0n) is 25.2. The summed E-state index contributed by atoms with van der Waals surface area (Å²) in [4.78, 5) is 30.7. The Morgan fingerprint density at radius 3 is 2.52 bits per heavy atom. The minimum Gasteiger partial charge on any atom is -0.478 e. The van der Waals surface area contributed by atoms with Crippen LogP contribution < -0.4 is 11.1 Å². The number of methoxy groups -OCH3 is 1. The summed E-state index contributed by atoms with van der Waals surface area (Å²) in [7, 11) is 1.17. The Balaban J connectivity index is 2.01. The summed E-state index contributed by atoms with van der Waals surface area (Å²) in [6, 6.07) is 0. The lowest BCUT2D eigenvalue weighted by molar-refractivity contribution is -0.338. The highest BCUT2D eigenvalue weighted by Gasteiger charge is 2.47. The molecule has 0 aromatic heterocycles. The number of nitrogens with two attached hydrogens (primary N) is 1. The number of aliphatic hydroxyl groups excluding tert-OH is 6. The first-order chi connectivity index (χ1) is 22.0. The monoisotopic (exact) mass is 654 g/mol. The van der Waals surface area contributed by atoms with Crippen molar-refractivity contribution in [2.24, 2.45) is 22.6 Å². The first-order valence-corrected chi connectivity index (χ1v) is 14.4. The fourth-order valence-corrected chi connectivity index (χ4v) is 5.04. The van der Waals surface area contributed by atoms with Gasteiger partial charge in [-0.25, -0.2) is 9.59 Å². The summed E-state index contributed by atoms with van der Waals surface area (Å²) >= 11 is 0. The number of nitrogens with zero attached hydrogens (tertiary/aromatic N) is 2. The summed E-state index contributed by atoms with van der Waals surface area (Å²) in [5.74, 6) is -3.87. The van der Waals surface area contributed by atoms with E-state index >= 15 is 0 Å². The third-order valence-corrected chi connectivity index (χ3v) is 7.48. The number of nitrogens with one attached hydrogen (secondary N) is 1. The molecule has 0 saturated carbocycles. The van der Waals surface area contributed by atoms with Crippen molar-refractivity contribution in [3.05, 3.63) is 59.7 Å². The van der Waals surface area contributed by atoms with Crippen molar-refractivity contribution in [3.8, 4) is 0 Å². The number of guanidine groups is 1. The lowest BCUT2D eigenvalue weighted by atomic mass is 9.83. The number of hydrogen-bond donors (Lipinski definition) is 9. The molecule has 3 aliphatic rings. The molecule has 0 bridgehead atoms. The van der Waals surface area contributed by atoms with E-state index in [0.717, 1.165) is 6.26 Å². The van der Waals surface area contributed by atoms with Gasteiger partial charge in [0.25, 0.3) is 0 Å². The molecule has 0 radical (unpaired) electrons. The topological polar surface area (TPSA) is 266 Å². The molecule has 0 amide bonds. The third-order valence-electron chi connectivity index (χ3n) is 7.48. The van der Waals surface area contributed by atoms with Crippen LogP contribution in [0.3, 0.4) is 0 Å². The van der Waals surface area contributed by atoms with Crippen molar-refractivity contribution < 1.29 is 64.3 Å². The number of aliphatic carboxylic acids is 1. The molecule has 3 heterocycles. The number of carbonyl (C=O) groups is 2. The first-order valence-electron chi connectivity index (χ1n) is 14.4. The second kappa shape index (κ2) is 17.2. The van der Waals surface area contributed by atoms with E-state index in [0.29, 0.717) is 12.0 Å². The van der Waals surface area contributed by atoms with Gasteiger partial charge in [-0.15, -0.1) is 6.58 Å². The highest BCUT2D eigenvalue weighted by molar-refractivity contribution is 5.92. The van der Waals surface area contributed by atoms with E-state index in [9.17, 15) is 40.2 Å². The summed E-state index contributed by atoms with van der Waals surface area (Å²) in [6.07, 6.45) is -1.62. The molecule has 256 valence electrons. The first kappa shape index (κ1) is 36.7. The van der Waals surface area contributed by atoms with Crippen molar-refractivity contribution in [1.29, 1.82) is 0 Å². The van der Waals surface area contributed by atoms with E-state index in [2.05, 4.69) is 16.9 Å². The number of allylic oxidation sites excluding steroid dienone is 2. The molecular formula is C29H42N4O13. The molecule has 0 aromatic carbocycles. The van der Waals surface area contributed by atoms with Gasteiger partial charge in [0.05, 0.1) is 55.9 Å². The van der Waals surface area contributed by atoms with Gasteiger partial charge in [-0.2, -0.15) is 0 Å². The van der Waals surface area contributed by atoms with Gasteiger partial charge in [-0.05, 0) is 6.42 Å². The van der Waals surface area contributed by atoms with Gasteiger partial charge in [0.15, 0.2) is 12.2 Å².